The van der Waals surface area contributed by atoms with Gasteiger partial charge in [-0.05, 0) is 70.8 Å². The molecule has 0 aliphatic heterocycles. The summed E-state index contributed by atoms with van der Waals surface area (Å²) in [7, 11) is 1.67. The van der Waals surface area contributed by atoms with Gasteiger partial charge in [0.05, 0.1) is 6.61 Å². The Bertz CT molecular complexity index is 1430. The molecule has 3 aromatic carbocycles. The van der Waals surface area contributed by atoms with Crippen molar-refractivity contribution in [2.45, 2.75) is 32.0 Å². The molecule has 0 saturated heterocycles. The van der Waals surface area contributed by atoms with Crippen LogP contribution in [0.15, 0.2) is 85.1 Å². The molecule has 7 nitrogen and oxygen atoms in total. The third-order valence-corrected chi connectivity index (χ3v) is 7.36. The summed E-state index contributed by atoms with van der Waals surface area (Å²) in [6, 6.07) is 25.7. The van der Waals surface area contributed by atoms with Crippen molar-refractivity contribution in [1.29, 1.82) is 0 Å². The van der Waals surface area contributed by atoms with Crippen LogP contribution >= 0.6 is 0 Å². The summed E-state index contributed by atoms with van der Waals surface area (Å²) in [6.45, 7) is 3.74. The summed E-state index contributed by atoms with van der Waals surface area (Å²) < 4.78 is 13.2. The molecule has 1 aromatic heterocycles. The number of fused-ring (bicyclic) bond motifs is 2. The average molecular weight is 526 g/mol. The van der Waals surface area contributed by atoms with Crippen LogP contribution in [-0.2, 0) is 29.0 Å². The number of benzene rings is 3. The van der Waals surface area contributed by atoms with E-state index in [9.17, 15) is 4.79 Å². The molecule has 202 valence electrons. The number of hydrogen-bond acceptors (Lipinski definition) is 5. The first-order valence-corrected chi connectivity index (χ1v) is 13.4. The maximum absolute atomic E-state index is 11.4. The number of hydroxylamine groups is 1. The van der Waals surface area contributed by atoms with E-state index in [1.807, 2.05) is 18.2 Å². The topological polar surface area (TPSA) is 76.0 Å². The number of carbonyl (C=O) groups excluding carboxylic acids is 1. The smallest absolute Gasteiger partial charge is 0.267 e. The molecule has 4 aromatic rings. The number of aromatic nitrogens is 1. The summed E-state index contributed by atoms with van der Waals surface area (Å²) in [5.74, 6) is 0.315. The van der Waals surface area contributed by atoms with Crippen molar-refractivity contribution < 1.29 is 19.5 Å². The first-order valence-electron chi connectivity index (χ1n) is 13.4. The molecule has 1 aliphatic rings. The van der Waals surface area contributed by atoms with Crippen molar-refractivity contribution in [3.05, 3.63) is 107 Å². The Morgan fingerprint density at radius 1 is 1.10 bits per heavy atom. The van der Waals surface area contributed by atoms with Crippen LogP contribution in [0.3, 0.4) is 0 Å². The van der Waals surface area contributed by atoms with Crippen LogP contribution in [0.5, 0.6) is 5.75 Å². The van der Waals surface area contributed by atoms with Gasteiger partial charge in [0.1, 0.15) is 12.4 Å². The minimum atomic E-state index is -0.535. The van der Waals surface area contributed by atoms with Gasteiger partial charge in [0.15, 0.2) is 0 Å². The van der Waals surface area contributed by atoms with E-state index >= 15 is 0 Å². The lowest BCUT2D eigenvalue weighted by Gasteiger charge is -2.30. The monoisotopic (exact) mass is 525 g/mol. The van der Waals surface area contributed by atoms with Crippen LogP contribution in [0.4, 0.5) is 0 Å². The highest BCUT2D eigenvalue weighted by molar-refractivity contribution is 5.90. The third-order valence-electron chi connectivity index (χ3n) is 7.36. The van der Waals surface area contributed by atoms with Gasteiger partial charge in [0.2, 0.25) is 0 Å². The molecule has 5 rings (SSSR count). The summed E-state index contributed by atoms with van der Waals surface area (Å²) in [6.07, 6.45) is 7.28. The predicted octanol–water partition coefficient (Wildman–Crippen LogP) is 5.37. The third kappa shape index (κ3) is 6.57. The number of carbonyl (C=O) groups is 1. The lowest BCUT2D eigenvalue weighted by molar-refractivity contribution is -0.124. The average Bonchev–Trinajstić information content (AvgIpc) is 3.59. The molecule has 0 radical (unpaired) electrons. The summed E-state index contributed by atoms with van der Waals surface area (Å²) in [5, 5.41) is 10.0. The summed E-state index contributed by atoms with van der Waals surface area (Å²) in [5.41, 5.74) is 7.74. The van der Waals surface area contributed by atoms with Gasteiger partial charge in [-0.3, -0.25) is 14.9 Å². The van der Waals surface area contributed by atoms with Crippen LogP contribution < -0.4 is 10.2 Å². The molecule has 1 unspecified atom stereocenters. The molecule has 1 amide bonds. The van der Waals surface area contributed by atoms with Gasteiger partial charge in [0, 0.05) is 50.6 Å². The minimum Gasteiger partial charge on any atom is -0.491 e. The number of nitrogens with zero attached hydrogens (tertiary/aromatic N) is 2. The Labute approximate surface area is 229 Å². The fourth-order valence-electron chi connectivity index (χ4n) is 5.39. The number of para-hydroxylation sites is 1. The molecule has 1 heterocycles. The second-order valence-corrected chi connectivity index (χ2v) is 9.85. The van der Waals surface area contributed by atoms with Crippen molar-refractivity contribution in [1.82, 2.24) is 14.9 Å². The predicted molar refractivity (Wildman–Crippen MR) is 153 cm³/mol. The lowest BCUT2D eigenvalue weighted by atomic mass is 10.0. The van der Waals surface area contributed by atoms with Gasteiger partial charge in [-0.25, -0.2) is 5.48 Å². The first kappa shape index (κ1) is 26.7. The summed E-state index contributed by atoms with van der Waals surface area (Å²) in [4.78, 5) is 14.0. The highest BCUT2D eigenvalue weighted by Crippen LogP contribution is 2.37. The first-order chi connectivity index (χ1) is 19.1. The molecule has 0 spiro atoms. The van der Waals surface area contributed by atoms with E-state index in [2.05, 4.69) is 70.3 Å². The van der Waals surface area contributed by atoms with Gasteiger partial charge in [-0.1, -0.05) is 48.5 Å². The maximum atomic E-state index is 11.4. The minimum absolute atomic E-state index is 0.304. The van der Waals surface area contributed by atoms with Gasteiger partial charge in [0.25, 0.3) is 5.91 Å². The van der Waals surface area contributed by atoms with Crippen LogP contribution in [0, 0.1) is 0 Å². The number of aryl methyl sites for hydroxylation is 1. The summed E-state index contributed by atoms with van der Waals surface area (Å²) >= 11 is 0. The van der Waals surface area contributed by atoms with Crippen LogP contribution in [0.25, 0.3) is 17.0 Å². The molecule has 0 bridgehead atoms. The normalized spacial score (nSPS) is 14.8. The van der Waals surface area contributed by atoms with E-state index in [-0.39, 0.29) is 0 Å². The molecule has 1 aliphatic carbocycles. The van der Waals surface area contributed by atoms with E-state index < -0.39 is 5.91 Å². The van der Waals surface area contributed by atoms with E-state index in [4.69, 9.17) is 14.7 Å². The number of methoxy groups -OCH3 is 1. The highest BCUT2D eigenvalue weighted by atomic mass is 16.5. The second kappa shape index (κ2) is 12.8. The molecular weight excluding hydrogens is 490 g/mol. The Morgan fingerprint density at radius 2 is 1.95 bits per heavy atom. The largest absolute Gasteiger partial charge is 0.491 e. The van der Waals surface area contributed by atoms with Crippen molar-refractivity contribution in [2.24, 2.45) is 0 Å². The Morgan fingerprint density at radius 3 is 2.77 bits per heavy atom. The van der Waals surface area contributed by atoms with E-state index in [1.165, 1.54) is 33.7 Å². The standard InChI is InChI=1S/C32H35N3O4/c1-38-20-21-39-28-11-6-25(7-12-28)23-35(19-18-34-17-16-26-4-2-3-5-30(26)34)31-14-10-27-22-24(8-13-29(27)31)9-15-32(36)33-37/h2-9,11-13,15-17,22,31,37H,10,14,18-21,23H2,1H3,(H,33,36)/b15-9+. The van der Waals surface area contributed by atoms with Gasteiger partial charge in [-0.15, -0.1) is 0 Å². The fraction of sp³-hybridized carbons (Fsp3) is 0.281. The fourth-order valence-corrected chi connectivity index (χ4v) is 5.39. The van der Waals surface area contributed by atoms with Crippen LogP contribution in [0.2, 0.25) is 0 Å². The zero-order valence-corrected chi connectivity index (χ0v) is 22.3. The zero-order chi connectivity index (χ0) is 27.0. The molecule has 7 heteroatoms. The van der Waals surface area contributed by atoms with Gasteiger partial charge >= 0.3 is 0 Å². The molecule has 1 atom stereocenters. The maximum Gasteiger partial charge on any atom is 0.267 e. The van der Waals surface area contributed by atoms with E-state index in [0.29, 0.717) is 19.3 Å². The van der Waals surface area contributed by atoms with E-state index in [1.54, 1.807) is 18.7 Å². The van der Waals surface area contributed by atoms with Crippen molar-refractivity contribution in [3.63, 3.8) is 0 Å². The quantitative estimate of drug-likeness (QED) is 0.113. The molecule has 39 heavy (non-hydrogen) atoms. The lowest BCUT2D eigenvalue weighted by Crippen LogP contribution is -2.30. The number of rotatable bonds is 12. The SMILES string of the molecule is COCCOc1ccc(CN(CCn2ccc3ccccc32)C2CCc3cc(/C=C/C(=O)NO)ccc32)cc1. The molecule has 2 N–H and O–H groups in total. The Kier molecular flexibility index (Phi) is 8.73. The van der Waals surface area contributed by atoms with Crippen molar-refractivity contribution in [2.75, 3.05) is 26.9 Å². The molecular formula is C32H35N3O4. The number of hydrogen-bond donors (Lipinski definition) is 2. The number of ether oxygens (including phenoxy) is 2. The van der Waals surface area contributed by atoms with E-state index in [0.717, 1.165) is 43.8 Å². The van der Waals surface area contributed by atoms with Crippen LogP contribution in [0.1, 0.15) is 34.7 Å². The van der Waals surface area contributed by atoms with Crippen LogP contribution in [-0.4, -0.2) is 47.4 Å². The Hall–Kier alpha value is -3.91. The zero-order valence-electron chi connectivity index (χ0n) is 22.3. The number of amides is 1. The van der Waals surface area contributed by atoms with Crippen molar-refractivity contribution in [3.8, 4) is 5.75 Å². The highest BCUT2D eigenvalue weighted by Gasteiger charge is 2.28. The van der Waals surface area contributed by atoms with Crippen molar-refractivity contribution >= 4 is 22.9 Å². The van der Waals surface area contributed by atoms with Gasteiger partial charge < -0.3 is 14.0 Å². The Balaban J connectivity index is 1.35. The van der Waals surface area contributed by atoms with Gasteiger partial charge in [-0.2, -0.15) is 0 Å². The number of nitrogens with one attached hydrogen (secondary N) is 1. The second-order valence-electron chi connectivity index (χ2n) is 9.85. The molecule has 0 saturated carbocycles. The molecule has 0 fully saturated rings.